The molecule has 30 heavy (non-hydrogen) atoms. The summed E-state index contributed by atoms with van der Waals surface area (Å²) in [4.78, 5) is 16.5. The van der Waals surface area contributed by atoms with Gasteiger partial charge in [0.2, 0.25) is 10.7 Å². The maximum Gasteiger partial charge on any atom is 0.226 e. The number of likely N-dealkylation sites (tertiary alicyclic amines) is 2. The van der Waals surface area contributed by atoms with Gasteiger partial charge in [-0.2, -0.15) is 4.68 Å². The van der Waals surface area contributed by atoms with Gasteiger partial charge in [-0.15, -0.1) is 5.10 Å². The van der Waals surface area contributed by atoms with Gasteiger partial charge in [0.25, 0.3) is 0 Å². The van der Waals surface area contributed by atoms with Gasteiger partial charge < -0.3 is 14.4 Å². The standard InChI is InChI=1S/C23H33N5OS/c1-18-9-5-6-10-20(18)21-24-28(23(30)25(21)2)17-26-15-11-19(12-16-26)22(29)27-13-7-3-4-8-14-27/h5-6,9-10,19H,3-4,7-8,11-17H2,1-2H3/p+1. The van der Waals surface area contributed by atoms with Crippen LogP contribution in [-0.2, 0) is 18.5 Å². The monoisotopic (exact) mass is 428 g/mol. The van der Waals surface area contributed by atoms with Crippen LogP contribution in [0.5, 0.6) is 0 Å². The van der Waals surface area contributed by atoms with E-state index in [9.17, 15) is 4.79 Å². The van der Waals surface area contributed by atoms with Crippen molar-refractivity contribution < 1.29 is 9.69 Å². The molecule has 0 aliphatic carbocycles. The number of aromatic nitrogens is 3. The Kier molecular flexibility index (Phi) is 6.68. The number of hydrogen-bond donors (Lipinski definition) is 1. The SMILES string of the molecule is Cc1ccccc1-c1nn(C[NH+]2CCC(C(=O)N3CCCCCC3)CC2)c(=S)n1C. The summed E-state index contributed by atoms with van der Waals surface area (Å²) in [5.74, 6) is 1.52. The zero-order valence-corrected chi connectivity index (χ0v) is 19.1. The third kappa shape index (κ3) is 4.52. The summed E-state index contributed by atoms with van der Waals surface area (Å²) < 4.78 is 4.72. The second-order valence-electron chi connectivity index (χ2n) is 8.90. The van der Waals surface area contributed by atoms with E-state index in [1.807, 2.05) is 28.4 Å². The smallest absolute Gasteiger partial charge is 0.226 e. The molecule has 7 heteroatoms. The number of nitrogens with zero attached hydrogens (tertiary/aromatic N) is 4. The minimum atomic E-state index is 0.200. The number of nitrogens with one attached hydrogen (secondary N) is 1. The van der Waals surface area contributed by atoms with Crippen molar-refractivity contribution in [3.05, 3.63) is 34.6 Å². The van der Waals surface area contributed by atoms with Gasteiger partial charge in [-0.1, -0.05) is 37.1 Å². The number of piperidine rings is 1. The van der Waals surface area contributed by atoms with Crippen molar-refractivity contribution in [2.45, 2.75) is 52.1 Å². The van der Waals surface area contributed by atoms with Crippen LogP contribution in [0, 0.1) is 17.6 Å². The van der Waals surface area contributed by atoms with E-state index in [1.165, 1.54) is 23.3 Å². The Balaban J connectivity index is 1.39. The second kappa shape index (κ2) is 9.43. The summed E-state index contributed by atoms with van der Waals surface area (Å²) >= 11 is 5.68. The molecule has 2 aliphatic heterocycles. The molecule has 0 atom stereocenters. The van der Waals surface area contributed by atoms with Gasteiger partial charge in [-0.05, 0) is 37.5 Å². The van der Waals surface area contributed by atoms with Gasteiger partial charge in [0.1, 0.15) is 0 Å². The Labute approximate surface area is 184 Å². The Morgan fingerprint density at radius 1 is 1.13 bits per heavy atom. The van der Waals surface area contributed by atoms with E-state index in [2.05, 4.69) is 24.0 Å². The molecule has 1 aromatic heterocycles. The number of hydrogen-bond acceptors (Lipinski definition) is 3. The van der Waals surface area contributed by atoms with Crippen LogP contribution >= 0.6 is 12.2 Å². The Bertz CT molecular complexity index is 933. The number of carbonyl (C=O) groups excluding carboxylic acids is 1. The van der Waals surface area contributed by atoms with Crippen LogP contribution in [0.3, 0.4) is 0 Å². The van der Waals surface area contributed by atoms with E-state index in [0.717, 1.165) is 74.7 Å². The molecule has 0 bridgehead atoms. The number of quaternary nitrogens is 1. The van der Waals surface area contributed by atoms with E-state index in [1.54, 1.807) is 0 Å². The fourth-order valence-electron chi connectivity index (χ4n) is 4.84. The molecule has 0 saturated carbocycles. The Morgan fingerprint density at radius 3 is 2.47 bits per heavy atom. The van der Waals surface area contributed by atoms with Crippen molar-refractivity contribution >= 4 is 18.1 Å². The lowest BCUT2D eigenvalue weighted by Crippen LogP contribution is -3.12. The first-order valence-electron chi connectivity index (χ1n) is 11.4. The molecule has 2 aliphatic rings. The molecule has 2 fully saturated rings. The van der Waals surface area contributed by atoms with Crippen LogP contribution in [0.1, 0.15) is 44.1 Å². The van der Waals surface area contributed by atoms with E-state index < -0.39 is 0 Å². The van der Waals surface area contributed by atoms with Crippen LogP contribution in [0.25, 0.3) is 11.4 Å². The fourth-order valence-corrected chi connectivity index (χ4v) is 5.03. The second-order valence-corrected chi connectivity index (χ2v) is 9.27. The van der Waals surface area contributed by atoms with Gasteiger partial charge in [0.15, 0.2) is 12.5 Å². The molecule has 6 nitrogen and oxygen atoms in total. The number of benzene rings is 1. The molecular weight excluding hydrogens is 394 g/mol. The zero-order valence-electron chi connectivity index (χ0n) is 18.3. The third-order valence-corrected chi connectivity index (χ3v) is 7.24. The number of rotatable bonds is 4. The molecule has 1 N–H and O–H groups in total. The maximum absolute atomic E-state index is 12.9. The summed E-state index contributed by atoms with van der Waals surface area (Å²) in [5.41, 5.74) is 2.33. The van der Waals surface area contributed by atoms with Crippen LogP contribution in [0.4, 0.5) is 0 Å². The van der Waals surface area contributed by atoms with Crippen molar-refractivity contribution in [2.24, 2.45) is 13.0 Å². The lowest BCUT2D eigenvalue weighted by Gasteiger charge is -2.31. The normalized spacial score (nSPS) is 22.7. The van der Waals surface area contributed by atoms with E-state index in [4.69, 9.17) is 17.3 Å². The molecule has 1 aromatic carbocycles. The van der Waals surface area contributed by atoms with Gasteiger partial charge >= 0.3 is 0 Å². The van der Waals surface area contributed by atoms with Crippen LogP contribution < -0.4 is 4.90 Å². The van der Waals surface area contributed by atoms with Gasteiger partial charge in [0, 0.05) is 44.5 Å². The number of aryl methyl sites for hydroxylation is 1. The topological polar surface area (TPSA) is 47.5 Å². The first-order valence-corrected chi connectivity index (χ1v) is 11.8. The highest BCUT2D eigenvalue weighted by atomic mass is 32.1. The molecular formula is C23H34N5OS+. The number of carbonyl (C=O) groups is 1. The maximum atomic E-state index is 12.9. The summed E-state index contributed by atoms with van der Waals surface area (Å²) in [6.45, 7) is 6.79. The summed E-state index contributed by atoms with van der Waals surface area (Å²) in [5, 5.41) is 4.85. The van der Waals surface area contributed by atoms with Gasteiger partial charge in [-0.25, -0.2) is 0 Å². The third-order valence-electron chi connectivity index (χ3n) is 6.76. The summed E-state index contributed by atoms with van der Waals surface area (Å²) in [6, 6.07) is 8.30. The Morgan fingerprint density at radius 2 is 1.80 bits per heavy atom. The predicted molar refractivity (Wildman–Crippen MR) is 121 cm³/mol. The Hall–Kier alpha value is -1.99. The van der Waals surface area contributed by atoms with Crippen molar-refractivity contribution in [3.63, 3.8) is 0 Å². The van der Waals surface area contributed by atoms with Crippen molar-refractivity contribution in [3.8, 4) is 11.4 Å². The molecule has 0 unspecified atom stereocenters. The molecule has 3 heterocycles. The van der Waals surface area contributed by atoms with Gasteiger partial charge in [0.05, 0.1) is 13.1 Å². The summed E-state index contributed by atoms with van der Waals surface area (Å²) in [6.07, 6.45) is 6.79. The molecule has 162 valence electrons. The fraction of sp³-hybridized carbons (Fsp3) is 0.609. The molecule has 2 saturated heterocycles. The molecule has 1 amide bonds. The first-order chi connectivity index (χ1) is 14.5. The highest BCUT2D eigenvalue weighted by molar-refractivity contribution is 7.71. The highest BCUT2D eigenvalue weighted by Gasteiger charge is 2.31. The van der Waals surface area contributed by atoms with Crippen LogP contribution in [0.15, 0.2) is 24.3 Å². The first kappa shape index (κ1) is 21.2. The lowest BCUT2D eigenvalue weighted by atomic mass is 9.95. The summed E-state index contributed by atoms with van der Waals surface area (Å²) in [7, 11) is 2.00. The van der Waals surface area contributed by atoms with Crippen molar-refractivity contribution in [1.82, 2.24) is 19.2 Å². The van der Waals surface area contributed by atoms with Crippen LogP contribution in [0.2, 0.25) is 0 Å². The number of amides is 1. The molecule has 0 radical (unpaired) electrons. The largest absolute Gasteiger partial charge is 0.342 e. The average Bonchev–Trinajstić information content (AvgIpc) is 2.95. The molecule has 4 rings (SSSR count). The minimum Gasteiger partial charge on any atom is -0.342 e. The zero-order chi connectivity index (χ0) is 21.1. The van der Waals surface area contributed by atoms with Crippen molar-refractivity contribution in [2.75, 3.05) is 26.2 Å². The quantitative estimate of drug-likeness (QED) is 0.762. The molecule has 0 spiro atoms. The van der Waals surface area contributed by atoms with Crippen LogP contribution in [-0.4, -0.2) is 51.3 Å². The average molecular weight is 429 g/mol. The predicted octanol–water partition coefficient (Wildman–Crippen LogP) is 2.58. The molecule has 2 aromatic rings. The lowest BCUT2D eigenvalue weighted by molar-refractivity contribution is -0.929. The van der Waals surface area contributed by atoms with Crippen molar-refractivity contribution in [1.29, 1.82) is 0 Å². The van der Waals surface area contributed by atoms with E-state index in [-0.39, 0.29) is 5.92 Å². The highest BCUT2D eigenvalue weighted by Crippen LogP contribution is 2.21. The van der Waals surface area contributed by atoms with E-state index >= 15 is 0 Å². The van der Waals surface area contributed by atoms with Gasteiger partial charge in [-0.3, -0.25) is 4.79 Å². The van der Waals surface area contributed by atoms with E-state index in [0.29, 0.717) is 5.91 Å². The minimum absolute atomic E-state index is 0.200.